The van der Waals surface area contributed by atoms with Crippen LogP contribution in [0.15, 0.2) is 18.2 Å². The first-order chi connectivity index (χ1) is 10.0. The van der Waals surface area contributed by atoms with E-state index in [1.165, 1.54) is 11.0 Å². The van der Waals surface area contributed by atoms with E-state index in [4.69, 9.17) is 5.73 Å². The van der Waals surface area contributed by atoms with Gasteiger partial charge in [-0.1, -0.05) is 25.5 Å². The van der Waals surface area contributed by atoms with Crippen LogP contribution in [0.25, 0.3) is 0 Å². The monoisotopic (exact) mass is 290 g/mol. The minimum Gasteiger partial charge on any atom is -0.396 e. The summed E-state index contributed by atoms with van der Waals surface area (Å²) in [6, 6.07) is 4.66. The maximum absolute atomic E-state index is 13.9. The second-order valence-corrected chi connectivity index (χ2v) is 6.04. The lowest BCUT2D eigenvalue weighted by Crippen LogP contribution is -2.32. The van der Waals surface area contributed by atoms with Crippen molar-refractivity contribution >= 4 is 17.5 Å². The Morgan fingerprint density at radius 1 is 1.24 bits per heavy atom. The molecule has 112 valence electrons. The Bertz CT molecular complexity index is 578. The average molecular weight is 290 g/mol. The molecule has 1 aliphatic heterocycles. The summed E-state index contributed by atoms with van der Waals surface area (Å²) in [5.74, 6) is -0.788. The van der Waals surface area contributed by atoms with Gasteiger partial charge >= 0.3 is 0 Å². The summed E-state index contributed by atoms with van der Waals surface area (Å²) in [4.78, 5) is 26.0. The molecule has 2 aliphatic rings. The fraction of sp³-hybridized carbons (Fsp3) is 0.500. The van der Waals surface area contributed by atoms with Crippen LogP contribution in [0.2, 0.25) is 0 Å². The highest BCUT2D eigenvalue weighted by atomic mass is 19.1. The number of benzene rings is 1. The summed E-state index contributed by atoms with van der Waals surface area (Å²) >= 11 is 0. The number of carbonyl (C=O) groups excluding carboxylic acids is 2. The third-order valence-corrected chi connectivity index (χ3v) is 4.84. The van der Waals surface area contributed by atoms with E-state index in [0.717, 1.165) is 19.3 Å². The van der Waals surface area contributed by atoms with E-state index in [1.54, 1.807) is 12.1 Å². The molecule has 2 N–H and O–H groups in total. The van der Waals surface area contributed by atoms with Crippen molar-refractivity contribution in [1.82, 2.24) is 4.90 Å². The predicted octanol–water partition coefficient (Wildman–Crippen LogP) is 2.33. The third-order valence-electron chi connectivity index (χ3n) is 4.84. The first-order valence-electron chi connectivity index (χ1n) is 7.41. The van der Waals surface area contributed by atoms with Crippen LogP contribution < -0.4 is 5.73 Å². The molecule has 21 heavy (non-hydrogen) atoms. The molecule has 2 unspecified atom stereocenters. The second kappa shape index (κ2) is 5.13. The lowest BCUT2D eigenvalue weighted by molar-refractivity contribution is -0.141. The maximum Gasteiger partial charge on any atom is 0.233 e. The second-order valence-electron chi connectivity index (χ2n) is 6.04. The smallest absolute Gasteiger partial charge is 0.233 e. The SMILES string of the molecule is CCC1CC2C(=O)N(Cc3cccc(N)c3F)C(=O)C2C1. The fourth-order valence-electron chi connectivity index (χ4n) is 3.58. The van der Waals surface area contributed by atoms with Crippen LogP contribution in [-0.2, 0) is 16.1 Å². The molecule has 4 nitrogen and oxygen atoms in total. The Kier molecular flexibility index (Phi) is 3.43. The minimum atomic E-state index is -0.540. The van der Waals surface area contributed by atoms with Crippen LogP contribution in [0.1, 0.15) is 31.7 Å². The average Bonchev–Trinajstić information content (AvgIpc) is 2.99. The molecular weight excluding hydrogens is 271 g/mol. The van der Waals surface area contributed by atoms with Crippen molar-refractivity contribution in [2.24, 2.45) is 17.8 Å². The number of nitrogen functional groups attached to an aromatic ring is 1. The number of halogens is 1. The molecule has 1 heterocycles. The van der Waals surface area contributed by atoms with Gasteiger partial charge < -0.3 is 5.73 Å². The van der Waals surface area contributed by atoms with Crippen LogP contribution in [0.5, 0.6) is 0 Å². The van der Waals surface area contributed by atoms with Crippen molar-refractivity contribution in [2.45, 2.75) is 32.7 Å². The van der Waals surface area contributed by atoms with E-state index in [-0.39, 0.29) is 35.9 Å². The molecule has 1 aromatic rings. The van der Waals surface area contributed by atoms with E-state index >= 15 is 0 Å². The van der Waals surface area contributed by atoms with E-state index in [9.17, 15) is 14.0 Å². The number of hydrogen-bond donors (Lipinski definition) is 1. The van der Waals surface area contributed by atoms with Gasteiger partial charge in [-0.05, 0) is 24.8 Å². The molecule has 5 heteroatoms. The molecular formula is C16H19FN2O2. The topological polar surface area (TPSA) is 63.4 Å². The van der Waals surface area contributed by atoms with Gasteiger partial charge in [0.15, 0.2) is 5.82 Å². The normalized spacial score (nSPS) is 28.3. The molecule has 2 atom stereocenters. The molecule has 2 amide bonds. The number of imide groups is 1. The maximum atomic E-state index is 13.9. The van der Waals surface area contributed by atoms with Crippen molar-refractivity contribution in [1.29, 1.82) is 0 Å². The van der Waals surface area contributed by atoms with E-state index in [2.05, 4.69) is 6.92 Å². The number of nitrogens with two attached hydrogens (primary N) is 1. The molecule has 0 bridgehead atoms. The van der Waals surface area contributed by atoms with E-state index in [0.29, 0.717) is 11.5 Å². The van der Waals surface area contributed by atoms with Gasteiger partial charge in [-0.3, -0.25) is 14.5 Å². The largest absolute Gasteiger partial charge is 0.396 e. The van der Waals surface area contributed by atoms with Crippen LogP contribution in [0.4, 0.5) is 10.1 Å². The summed E-state index contributed by atoms with van der Waals surface area (Å²) in [5, 5.41) is 0. The number of anilines is 1. The number of rotatable bonds is 3. The van der Waals surface area contributed by atoms with Gasteiger partial charge in [-0.15, -0.1) is 0 Å². The van der Waals surface area contributed by atoms with Crippen LogP contribution in [-0.4, -0.2) is 16.7 Å². The Balaban J connectivity index is 1.81. The molecule has 0 radical (unpaired) electrons. The molecule has 0 spiro atoms. The fourth-order valence-corrected chi connectivity index (χ4v) is 3.58. The zero-order valence-electron chi connectivity index (χ0n) is 12.0. The summed E-state index contributed by atoms with van der Waals surface area (Å²) in [7, 11) is 0. The third kappa shape index (κ3) is 2.20. The first kappa shape index (κ1) is 14.0. The Morgan fingerprint density at radius 3 is 2.43 bits per heavy atom. The lowest BCUT2D eigenvalue weighted by Gasteiger charge is -2.18. The Hall–Kier alpha value is -1.91. The van der Waals surface area contributed by atoms with Crippen LogP contribution >= 0.6 is 0 Å². The van der Waals surface area contributed by atoms with Crippen molar-refractivity contribution < 1.29 is 14.0 Å². The number of fused-ring (bicyclic) bond motifs is 1. The lowest BCUT2D eigenvalue weighted by atomic mass is 10.00. The molecule has 1 saturated heterocycles. The summed E-state index contributed by atoms with van der Waals surface area (Å²) in [6.07, 6.45) is 2.56. The number of carbonyl (C=O) groups is 2. The predicted molar refractivity (Wildman–Crippen MR) is 76.4 cm³/mol. The Labute approximate surface area is 123 Å². The highest BCUT2D eigenvalue weighted by Gasteiger charge is 2.52. The van der Waals surface area contributed by atoms with Gasteiger partial charge in [0.2, 0.25) is 11.8 Å². The van der Waals surface area contributed by atoms with Crippen molar-refractivity contribution in [2.75, 3.05) is 5.73 Å². The summed E-state index contributed by atoms with van der Waals surface area (Å²) in [5.41, 5.74) is 5.86. The van der Waals surface area contributed by atoms with E-state index in [1.807, 2.05) is 0 Å². The standard InChI is InChI=1S/C16H19FN2O2/c1-2-9-6-11-12(7-9)16(21)19(15(11)20)8-10-4-3-5-13(18)14(10)17/h3-5,9,11-12H,2,6-8,18H2,1H3. The molecule has 1 aromatic carbocycles. The van der Waals surface area contributed by atoms with Crippen molar-refractivity contribution in [3.05, 3.63) is 29.6 Å². The molecule has 1 saturated carbocycles. The first-order valence-corrected chi connectivity index (χ1v) is 7.41. The number of hydrogen-bond acceptors (Lipinski definition) is 3. The number of amides is 2. The summed E-state index contributed by atoms with van der Waals surface area (Å²) in [6.45, 7) is 2.07. The zero-order chi connectivity index (χ0) is 15.1. The van der Waals surface area contributed by atoms with Crippen LogP contribution in [0.3, 0.4) is 0 Å². The van der Waals surface area contributed by atoms with Gasteiger partial charge in [0.1, 0.15) is 0 Å². The number of likely N-dealkylation sites (tertiary alicyclic amines) is 1. The minimum absolute atomic E-state index is 0.0155. The van der Waals surface area contributed by atoms with Gasteiger partial charge in [0.25, 0.3) is 0 Å². The zero-order valence-corrected chi connectivity index (χ0v) is 12.0. The quantitative estimate of drug-likeness (QED) is 0.686. The van der Waals surface area contributed by atoms with Crippen molar-refractivity contribution in [3.63, 3.8) is 0 Å². The molecule has 0 aromatic heterocycles. The van der Waals surface area contributed by atoms with Gasteiger partial charge in [0.05, 0.1) is 24.1 Å². The van der Waals surface area contributed by atoms with Crippen molar-refractivity contribution in [3.8, 4) is 0 Å². The highest BCUT2D eigenvalue weighted by molar-refractivity contribution is 6.05. The van der Waals surface area contributed by atoms with Crippen LogP contribution in [0, 0.1) is 23.6 Å². The summed E-state index contributed by atoms with van der Waals surface area (Å²) < 4.78 is 13.9. The van der Waals surface area contributed by atoms with E-state index < -0.39 is 5.82 Å². The molecule has 1 aliphatic carbocycles. The highest BCUT2D eigenvalue weighted by Crippen LogP contribution is 2.44. The number of nitrogens with zero attached hydrogens (tertiary/aromatic N) is 1. The molecule has 3 rings (SSSR count). The van der Waals surface area contributed by atoms with Gasteiger partial charge in [-0.25, -0.2) is 4.39 Å². The molecule has 2 fully saturated rings. The Morgan fingerprint density at radius 2 is 1.86 bits per heavy atom. The van der Waals surface area contributed by atoms with Gasteiger partial charge in [0, 0.05) is 5.56 Å². The van der Waals surface area contributed by atoms with Gasteiger partial charge in [-0.2, -0.15) is 0 Å².